The van der Waals surface area contributed by atoms with Crippen molar-refractivity contribution >= 4 is 29.7 Å². The standard InChI is InChI=1S/C11H18N2OS.ClH/c1-7(2)10(12)11(14)13-6-9-8(3)4-5-15-9;/h4-5,7,10H,6,12H2,1-3H3,(H,13,14);1H/t10-;/m0./s1. The Morgan fingerprint density at radius 3 is 2.62 bits per heavy atom. The van der Waals surface area contributed by atoms with Crippen LogP contribution in [0.25, 0.3) is 0 Å². The average Bonchev–Trinajstić information content (AvgIpc) is 2.59. The predicted octanol–water partition coefficient (Wildman–Crippen LogP) is 2.08. The minimum atomic E-state index is -0.412. The molecule has 3 nitrogen and oxygen atoms in total. The summed E-state index contributed by atoms with van der Waals surface area (Å²) in [5.74, 6) is 0.104. The first-order valence-electron chi connectivity index (χ1n) is 5.08. The Balaban J connectivity index is 0.00000225. The number of rotatable bonds is 4. The zero-order chi connectivity index (χ0) is 11.4. The van der Waals surface area contributed by atoms with Crippen LogP contribution in [0.1, 0.15) is 24.3 Å². The maximum absolute atomic E-state index is 11.6. The molecule has 92 valence electrons. The highest BCUT2D eigenvalue weighted by atomic mass is 35.5. The summed E-state index contributed by atoms with van der Waals surface area (Å²) in [6.07, 6.45) is 0. The van der Waals surface area contributed by atoms with Crippen LogP contribution in [0.3, 0.4) is 0 Å². The summed E-state index contributed by atoms with van der Waals surface area (Å²) < 4.78 is 0. The lowest BCUT2D eigenvalue weighted by Crippen LogP contribution is -2.43. The normalized spacial score (nSPS) is 12.1. The van der Waals surface area contributed by atoms with Crippen LogP contribution in [0.15, 0.2) is 11.4 Å². The van der Waals surface area contributed by atoms with E-state index in [1.165, 1.54) is 10.4 Å². The molecule has 5 heteroatoms. The Hall–Kier alpha value is -0.580. The lowest BCUT2D eigenvalue weighted by molar-refractivity contribution is -0.123. The second-order valence-electron chi connectivity index (χ2n) is 4.01. The molecule has 0 saturated carbocycles. The van der Waals surface area contributed by atoms with E-state index in [4.69, 9.17) is 5.73 Å². The van der Waals surface area contributed by atoms with Gasteiger partial charge in [-0.15, -0.1) is 23.7 Å². The number of hydrogen-bond donors (Lipinski definition) is 2. The van der Waals surface area contributed by atoms with Crippen molar-refractivity contribution < 1.29 is 4.79 Å². The molecule has 0 fully saturated rings. The van der Waals surface area contributed by atoms with E-state index in [0.29, 0.717) is 6.54 Å². The molecule has 0 unspecified atom stereocenters. The van der Waals surface area contributed by atoms with E-state index >= 15 is 0 Å². The van der Waals surface area contributed by atoms with Crippen LogP contribution >= 0.6 is 23.7 Å². The Morgan fingerprint density at radius 2 is 2.19 bits per heavy atom. The van der Waals surface area contributed by atoms with Gasteiger partial charge < -0.3 is 11.1 Å². The van der Waals surface area contributed by atoms with Crippen LogP contribution in [0, 0.1) is 12.8 Å². The molecular formula is C11H19ClN2OS. The van der Waals surface area contributed by atoms with E-state index in [-0.39, 0.29) is 24.2 Å². The molecule has 0 aromatic carbocycles. The molecule has 1 aromatic rings. The monoisotopic (exact) mass is 262 g/mol. The van der Waals surface area contributed by atoms with Crippen LogP contribution in [0.4, 0.5) is 0 Å². The largest absolute Gasteiger partial charge is 0.350 e. The molecule has 1 aromatic heterocycles. The first kappa shape index (κ1) is 15.4. The lowest BCUT2D eigenvalue weighted by atomic mass is 10.1. The predicted molar refractivity (Wildman–Crippen MR) is 71.0 cm³/mol. The van der Waals surface area contributed by atoms with Gasteiger partial charge in [-0.3, -0.25) is 4.79 Å². The summed E-state index contributed by atoms with van der Waals surface area (Å²) in [7, 11) is 0. The first-order chi connectivity index (χ1) is 7.02. The Bertz CT molecular complexity index is 338. The highest BCUT2D eigenvalue weighted by Gasteiger charge is 2.16. The van der Waals surface area contributed by atoms with Crippen LogP contribution < -0.4 is 11.1 Å². The van der Waals surface area contributed by atoms with Gasteiger partial charge in [0.25, 0.3) is 0 Å². The van der Waals surface area contributed by atoms with Gasteiger partial charge in [0.15, 0.2) is 0 Å². The van der Waals surface area contributed by atoms with Crippen LogP contribution in [-0.4, -0.2) is 11.9 Å². The van der Waals surface area contributed by atoms with Gasteiger partial charge in [-0.2, -0.15) is 0 Å². The van der Waals surface area contributed by atoms with E-state index in [9.17, 15) is 4.79 Å². The Kier molecular flexibility index (Phi) is 6.64. The molecule has 1 amide bonds. The molecule has 0 radical (unpaired) electrons. The number of aryl methyl sites for hydroxylation is 1. The van der Waals surface area contributed by atoms with Crippen molar-refractivity contribution in [3.05, 3.63) is 21.9 Å². The summed E-state index contributed by atoms with van der Waals surface area (Å²) in [6.45, 7) is 6.52. The fraction of sp³-hybridized carbons (Fsp3) is 0.545. The van der Waals surface area contributed by atoms with Gasteiger partial charge in [-0.05, 0) is 29.9 Å². The van der Waals surface area contributed by atoms with Crippen molar-refractivity contribution in [3.63, 3.8) is 0 Å². The topological polar surface area (TPSA) is 55.1 Å². The smallest absolute Gasteiger partial charge is 0.237 e. The van der Waals surface area contributed by atoms with Crippen LogP contribution in [0.5, 0.6) is 0 Å². The minimum absolute atomic E-state index is 0. The number of hydrogen-bond acceptors (Lipinski definition) is 3. The van der Waals surface area contributed by atoms with Crippen molar-refractivity contribution in [3.8, 4) is 0 Å². The van der Waals surface area contributed by atoms with Gasteiger partial charge in [0, 0.05) is 4.88 Å². The van der Waals surface area contributed by atoms with Crippen LogP contribution in [-0.2, 0) is 11.3 Å². The van der Waals surface area contributed by atoms with Gasteiger partial charge in [-0.25, -0.2) is 0 Å². The Labute approximate surface area is 107 Å². The second-order valence-corrected chi connectivity index (χ2v) is 5.02. The summed E-state index contributed by atoms with van der Waals surface area (Å²) in [5, 5.41) is 4.88. The van der Waals surface area contributed by atoms with Crippen molar-refractivity contribution in [1.82, 2.24) is 5.32 Å². The average molecular weight is 263 g/mol. The number of nitrogens with one attached hydrogen (secondary N) is 1. The number of carbonyl (C=O) groups is 1. The second kappa shape index (κ2) is 6.89. The maximum Gasteiger partial charge on any atom is 0.237 e. The first-order valence-corrected chi connectivity index (χ1v) is 5.96. The third-order valence-electron chi connectivity index (χ3n) is 2.41. The third-order valence-corrected chi connectivity index (χ3v) is 3.44. The quantitative estimate of drug-likeness (QED) is 0.873. The molecule has 1 rings (SSSR count). The number of thiophene rings is 1. The van der Waals surface area contributed by atoms with Crippen molar-refractivity contribution in [2.75, 3.05) is 0 Å². The third kappa shape index (κ3) is 4.12. The molecule has 0 saturated heterocycles. The van der Waals surface area contributed by atoms with E-state index < -0.39 is 6.04 Å². The lowest BCUT2D eigenvalue weighted by Gasteiger charge is -2.15. The summed E-state index contributed by atoms with van der Waals surface area (Å²) in [4.78, 5) is 12.8. The van der Waals surface area contributed by atoms with Crippen molar-refractivity contribution in [2.24, 2.45) is 11.7 Å². The van der Waals surface area contributed by atoms with E-state index in [1.54, 1.807) is 11.3 Å². The van der Waals surface area contributed by atoms with Gasteiger partial charge in [-0.1, -0.05) is 13.8 Å². The molecule has 3 N–H and O–H groups in total. The van der Waals surface area contributed by atoms with E-state index in [2.05, 4.69) is 11.4 Å². The molecule has 1 heterocycles. The highest BCUT2D eigenvalue weighted by molar-refractivity contribution is 7.10. The molecule has 1 atom stereocenters. The number of nitrogens with two attached hydrogens (primary N) is 1. The fourth-order valence-corrected chi connectivity index (χ4v) is 2.02. The van der Waals surface area contributed by atoms with Gasteiger partial charge >= 0.3 is 0 Å². The number of carbonyl (C=O) groups excluding carboxylic acids is 1. The summed E-state index contributed by atoms with van der Waals surface area (Å²) >= 11 is 1.66. The number of amides is 1. The Morgan fingerprint density at radius 1 is 1.56 bits per heavy atom. The van der Waals surface area contributed by atoms with Gasteiger partial charge in [0.05, 0.1) is 12.6 Å². The molecule has 0 bridgehead atoms. The maximum atomic E-state index is 11.6. The molecule has 16 heavy (non-hydrogen) atoms. The van der Waals surface area contributed by atoms with E-state index in [1.807, 2.05) is 26.2 Å². The van der Waals surface area contributed by atoms with Crippen molar-refractivity contribution in [1.29, 1.82) is 0 Å². The van der Waals surface area contributed by atoms with Crippen LogP contribution in [0.2, 0.25) is 0 Å². The van der Waals surface area contributed by atoms with Gasteiger partial charge in [0.2, 0.25) is 5.91 Å². The zero-order valence-corrected chi connectivity index (χ0v) is 11.5. The molecule has 0 aliphatic rings. The zero-order valence-electron chi connectivity index (χ0n) is 9.82. The SMILES string of the molecule is Cc1ccsc1CNC(=O)[C@@H](N)C(C)C.Cl. The molecule has 0 aliphatic carbocycles. The highest BCUT2D eigenvalue weighted by Crippen LogP contribution is 2.14. The van der Waals surface area contributed by atoms with E-state index in [0.717, 1.165) is 0 Å². The molecule has 0 aliphatic heterocycles. The van der Waals surface area contributed by atoms with Gasteiger partial charge in [0.1, 0.15) is 0 Å². The van der Waals surface area contributed by atoms with Crippen molar-refractivity contribution in [2.45, 2.75) is 33.4 Å². The number of halogens is 1. The summed E-state index contributed by atoms with van der Waals surface area (Å²) in [6, 6.07) is 1.64. The summed E-state index contributed by atoms with van der Waals surface area (Å²) in [5.41, 5.74) is 6.95. The molecule has 0 spiro atoms. The minimum Gasteiger partial charge on any atom is -0.350 e. The molecular weight excluding hydrogens is 244 g/mol. The fourth-order valence-electron chi connectivity index (χ4n) is 1.17.